The van der Waals surface area contributed by atoms with Crippen LogP contribution >= 0.6 is 23.2 Å². The number of halogens is 2. The van der Waals surface area contributed by atoms with E-state index in [1.165, 1.54) is 11.0 Å². The molecule has 0 unspecified atom stereocenters. The Morgan fingerprint density at radius 1 is 1.19 bits per heavy atom. The summed E-state index contributed by atoms with van der Waals surface area (Å²) in [5.41, 5.74) is 0. The predicted molar refractivity (Wildman–Crippen MR) is 82.1 cm³/mol. The molecule has 0 heterocycles. The van der Waals surface area contributed by atoms with Gasteiger partial charge >= 0.3 is 6.03 Å². The van der Waals surface area contributed by atoms with Crippen molar-refractivity contribution in [3.8, 4) is 5.75 Å². The second-order valence-electron chi connectivity index (χ2n) is 4.34. The van der Waals surface area contributed by atoms with Gasteiger partial charge in [0.1, 0.15) is 5.75 Å². The Hall–Kier alpha value is -1.66. The van der Waals surface area contributed by atoms with Crippen molar-refractivity contribution < 1.29 is 14.3 Å². The number of hydrogen-bond acceptors (Lipinski definition) is 3. The van der Waals surface area contributed by atoms with Crippen LogP contribution in [-0.2, 0) is 4.79 Å². The van der Waals surface area contributed by atoms with Crippen molar-refractivity contribution in [3.63, 3.8) is 0 Å². The van der Waals surface area contributed by atoms with Crippen molar-refractivity contribution in [2.75, 3.05) is 33.8 Å². The summed E-state index contributed by atoms with van der Waals surface area (Å²) in [6.07, 6.45) is 0. The third kappa shape index (κ3) is 6.55. The Morgan fingerprint density at radius 2 is 1.86 bits per heavy atom. The highest BCUT2D eigenvalue weighted by atomic mass is 35.5. The molecule has 0 saturated carbocycles. The smallest absolute Gasteiger partial charge is 0.316 e. The molecule has 0 aliphatic carbocycles. The summed E-state index contributed by atoms with van der Waals surface area (Å²) in [4.78, 5) is 24.2. The fraction of sp³-hybridized carbons (Fsp3) is 0.385. The van der Waals surface area contributed by atoms with Crippen LogP contribution in [0.3, 0.4) is 0 Å². The summed E-state index contributed by atoms with van der Waals surface area (Å²) >= 11 is 11.7. The lowest BCUT2D eigenvalue weighted by Gasteiger charge is -2.12. The quantitative estimate of drug-likeness (QED) is 0.779. The van der Waals surface area contributed by atoms with Crippen molar-refractivity contribution >= 4 is 35.1 Å². The van der Waals surface area contributed by atoms with Gasteiger partial charge in [0.25, 0.3) is 5.91 Å². The zero-order valence-corrected chi connectivity index (χ0v) is 13.3. The minimum Gasteiger partial charge on any atom is -0.482 e. The molecule has 0 spiro atoms. The van der Waals surface area contributed by atoms with Crippen molar-refractivity contribution in [3.05, 3.63) is 28.2 Å². The lowest BCUT2D eigenvalue weighted by Crippen LogP contribution is -2.40. The summed E-state index contributed by atoms with van der Waals surface area (Å²) in [5, 5.41) is 6.07. The third-order valence-electron chi connectivity index (χ3n) is 2.38. The van der Waals surface area contributed by atoms with Crippen LogP contribution in [0.1, 0.15) is 0 Å². The van der Waals surface area contributed by atoms with E-state index >= 15 is 0 Å². The first kappa shape index (κ1) is 17.4. The zero-order valence-electron chi connectivity index (χ0n) is 11.8. The van der Waals surface area contributed by atoms with Crippen LogP contribution in [0.5, 0.6) is 5.75 Å². The fourth-order valence-electron chi connectivity index (χ4n) is 1.32. The number of carbonyl (C=O) groups is 2. The third-order valence-corrected chi connectivity index (χ3v) is 2.91. The maximum atomic E-state index is 11.5. The monoisotopic (exact) mass is 333 g/mol. The molecule has 0 fully saturated rings. The van der Waals surface area contributed by atoms with Gasteiger partial charge in [-0.3, -0.25) is 4.79 Å². The van der Waals surface area contributed by atoms with Crippen LogP contribution in [0.15, 0.2) is 18.2 Å². The fourth-order valence-corrected chi connectivity index (χ4v) is 1.78. The van der Waals surface area contributed by atoms with E-state index in [1.54, 1.807) is 26.2 Å². The Kier molecular flexibility index (Phi) is 7.11. The van der Waals surface area contributed by atoms with E-state index in [4.69, 9.17) is 27.9 Å². The summed E-state index contributed by atoms with van der Waals surface area (Å²) in [6.45, 7) is 0.490. The highest BCUT2D eigenvalue weighted by Gasteiger charge is 2.06. The van der Waals surface area contributed by atoms with Crippen LogP contribution in [0.25, 0.3) is 0 Å². The first-order chi connectivity index (χ1) is 9.90. The molecule has 116 valence electrons. The molecule has 0 saturated heterocycles. The van der Waals surface area contributed by atoms with Crippen LogP contribution in [0.4, 0.5) is 4.79 Å². The average Bonchev–Trinajstić information content (AvgIpc) is 2.42. The first-order valence-electron chi connectivity index (χ1n) is 6.20. The van der Waals surface area contributed by atoms with Gasteiger partial charge in [0.2, 0.25) is 0 Å². The van der Waals surface area contributed by atoms with Crippen molar-refractivity contribution in [1.29, 1.82) is 0 Å². The molecule has 1 aromatic carbocycles. The largest absolute Gasteiger partial charge is 0.482 e. The molecule has 3 amide bonds. The maximum Gasteiger partial charge on any atom is 0.316 e. The van der Waals surface area contributed by atoms with E-state index in [0.717, 1.165) is 0 Å². The van der Waals surface area contributed by atoms with Crippen LogP contribution in [-0.4, -0.2) is 50.6 Å². The number of rotatable bonds is 6. The van der Waals surface area contributed by atoms with Crippen molar-refractivity contribution in [1.82, 2.24) is 15.5 Å². The highest BCUT2D eigenvalue weighted by molar-refractivity contribution is 6.35. The van der Waals surface area contributed by atoms with Gasteiger partial charge in [-0.05, 0) is 18.2 Å². The van der Waals surface area contributed by atoms with E-state index in [0.29, 0.717) is 28.9 Å². The van der Waals surface area contributed by atoms with Gasteiger partial charge in [-0.2, -0.15) is 0 Å². The van der Waals surface area contributed by atoms with Gasteiger partial charge in [-0.15, -0.1) is 0 Å². The average molecular weight is 334 g/mol. The van der Waals surface area contributed by atoms with E-state index < -0.39 is 0 Å². The van der Waals surface area contributed by atoms with Gasteiger partial charge in [0.15, 0.2) is 6.61 Å². The molecule has 0 radical (unpaired) electrons. The molecule has 21 heavy (non-hydrogen) atoms. The number of nitrogens with one attached hydrogen (secondary N) is 2. The Balaban J connectivity index is 2.24. The van der Waals surface area contributed by atoms with Gasteiger partial charge < -0.3 is 20.3 Å². The number of nitrogens with zero attached hydrogens (tertiary/aromatic N) is 1. The molecular formula is C13H17Cl2N3O3. The van der Waals surface area contributed by atoms with Gasteiger partial charge in [0.05, 0.1) is 5.02 Å². The molecule has 0 aromatic heterocycles. The highest BCUT2D eigenvalue weighted by Crippen LogP contribution is 2.27. The molecule has 2 N–H and O–H groups in total. The van der Waals surface area contributed by atoms with Crippen molar-refractivity contribution in [2.45, 2.75) is 0 Å². The van der Waals surface area contributed by atoms with Gasteiger partial charge in [-0.25, -0.2) is 4.79 Å². The summed E-state index contributed by atoms with van der Waals surface area (Å²) in [6, 6.07) is 4.54. The number of urea groups is 1. The number of carbonyl (C=O) groups excluding carboxylic acids is 2. The molecule has 0 aliphatic rings. The molecule has 0 atom stereocenters. The molecule has 8 heteroatoms. The van der Waals surface area contributed by atoms with E-state index in [2.05, 4.69) is 10.6 Å². The summed E-state index contributed by atoms with van der Waals surface area (Å²) in [5.74, 6) is 0.0808. The molecular weight excluding hydrogens is 317 g/mol. The van der Waals surface area contributed by atoms with E-state index in [9.17, 15) is 9.59 Å². The first-order valence-corrected chi connectivity index (χ1v) is 6.95. The minimum absolute atomic E-state index is 0.164. The van der Waals surface area contributed by atoms with Crippen LogP contribution in [0, 0.1) is 0 Å². The standard InChI is InChI=1S/C13H17Cl2N3O3/c1-18(2)13(20)17-6-5-16-12(19)8-21-11-4-3-9(14)7-10(11)15/h3-4,7H,5-6,8H2,1-2H3,(H,16,19)(H,17,20). The number of ether oxygens (including phenoxy) is 1. The molecule has 1 aromatic rings. The van der Waals surface area contributed by atoms with E-state index in [-0.39, 0.29) is 18.5 Å². The Labute approximate surface area is 133 Å². The molecule has 1 rings (SSSR count). The topological polar surface area (TPSA) is 70.7 Å². The summed E-state index contributed by atoms with van der Waals surface area (Å²) < 4.78 is 5.27. The second-order valence-corrected chi connectivity index (χ2v) is 5.18. The van der Waals surface area contributed by atoms with Crippen molar-refractivity contribution in [2.24, 2.45) is 0 Å². The zero-order chi connectivity index (χ0) is 15.8. The van der Waals surface area contributed by atoms with Gasteiger partial charge in [0, 0.05) is 32.2 Å². The van der Waals surface area contributed by atoms with Gasteiger partial charge in [-0.1, -0.05) is 23.2 Å². The number of amides is 3. The predicted octanol–water partition coefficient (Wildman–Crippen LogP) is 1.76. The molecule has 6 nitrogen and oxygen atoms in total. The Morgan fingerprint density at radius 3 is 2.48 bits per heavy atom. The lowest BCUT2D eigenvalue weighted by molar-refractivity contribution is -0.123. The second kappa shape index (κ2) is 8.59. The molecule has 0 aliphatic heterocycles. The lowest BCUT2D eigenvalue weighted by atomic mass is 10.3. The molecule has 0 bridgehead atoms. The van der Waals surface area contributed by atoms with Crippen LogP contribution in [0.2, 0.25) is 10.0 Å². The normalized spacial score (nSPS) is 9.90. The summed E-state index contributed by atoms with van der Waals surface area (Å²) in [7, 11) is 3.27. The van der Waals surface area contributed by atoms with E-state index in [1.807, 2.05) is 0 Å². The number of benzene rings is 1. The minimum atomic E-state index is -0.305. The maximum absolute atomic E-state index is 11.5. The Bertz CT molecular complexity index is 509. The van der Waals surface area contributed by atoms with Crippen LogP contribution < -0.4 is 15.4 Å². The SMILES string of the molecule is CN(C)C(=O)NCCNC(=O)COc1ccc(Cl)cc1Cl. The number of hydrogen-bond donors (Lipinski definition) is 2.